The molecule has 3 heteroatoms. The second kappa shape index (κ2) is 4.25. The number of carboxylic acid groups (broad SMARTS) is 1. The summed E-state index contributed by atoms with van der Waals surface area (Å²) in [5.74, 6) is 1.51. The summed E-state index contributed by atoms with van der Waals surface area (Å²) in [6.45, 7) is 0. The van der Waals surface area contributed by atoms with E-state index in [4.69, 9.17) is 4.74 Å². The first-order valence-corrected chi connectivity index (χ1v) is 7.93. The van der Waals surface area contributed by atoms with Crippen molar-refractivity contribution < 1.29 is 14.6 Å². The Kier molecular flexibility index (Phi) is 2.66. The number of hydrogen-bond acceptors (Lipinski definition) is 2. The van der Waals surface area contributed by atoms with Crippen LogP contribution in [0.25, 0.3) is 0 Å². The number of aliphatic carboxylic acids is 1. The zero-order valence-electron chi connectivity index (χ0n) is 12.5. The Balaban J connectivity index is 1.75. The third-order valence-corrected chi connectivity index (χ3v) is 6.22. The van der Waals surface area contributed by atoms with Crippen LogP contribution in [-0.4, -0.2) is 18.2 Å². The molecule has 0 heterocycles. The fourth-order valence-electron chi connectivity index (χ4n) is 5.80. The molecule has 4 saturated carbocycles. The van der Waals surface area contributed by atoms with Crippen LogP contribution in [0.1, 0.15) is 44.1 Å². The maximum Gasteiger partial charge on any atom is 0.309 e. The van der Waals surface area contributed by atoms with Gasteiger partial charge in [-0.25, -0.2) is 0 Å². The van der Waals surface area contributed by atoms with Gasteiger partial charge in [-0.05, 0) is 73.5 Å². The van der Waals surface area contributed by atoms with Gasteiger partial charge in [0.2, 0.25) is 0 Å². The van der Waals surface area contributed by atoms with Crippen molar-refractivity contribution in [1.82, 2.24) is 0 Å². The Bertz CT molecular complexity index is 561. The smallest absolute Gasteiger partial charge is 0.309 e. The molecule has 3 nitrogen and oxygen atoms in total. The number of methoxy groups -OCH3 is 1. The molecule has 0 amide bonds. The topological polar surface area (TPSA) is 46.5 Å². The second-order valence-corrected chi connectivity index (χ2v) is 7.56. The Morgan fingerprint density at radius 2 is 1.76 bits per heavy atom. The molecule has 1 aromatic carbocycles. The lowest BCUT2D eigenvalue weighted by atomic mass is 9.43. The van der Waals surface area contributed by atoms with Gasteiger partial charge in [0, 0.05) is 0 Å². The third kappa shape index (κ3) is 1.82. The number of hydrogen-bond donors (Lipinski definition) is 1. The lowest BCUT2D eigenvalue weighted by Crippen LogP contribution is -2.56. The van der Waals surface area contributed by atoms with Crippen molar-refractivity contribution in [2.75, 3.05) is 7.11 Å². The minimum absolute atomic E-state index is 0.0920. The molecule has 4 bridgehead atoms. The number of carbonyl (C=O) groups is 1. The minimum Gasteiger partial charge on any atom is -0.497 e. The first kappa shape index (κ1) is 13.2. The fourth-order valence-corrected chi connectivity index (χ4v) is 5.80. The number of ether oxygens (including phenoxy) is 1. The van der Waals surface area contributed by atoms with Crippen LogP contribution in [0, 0.1) is 17.3 Å². The Morgan fingerprint density at radius 1 is 1.14 bits per heavy atom. The number of carboxylic acids is 1. The molecule has 2 unspecified atom stereocenters. The third-order valence-electron chi connectivity index (χ3n) is 6.22. The van der Waals surface area contributed by atoms with E-state index < -0.39 is 11.4 Å². The van der Waals surface area contributed by atoms with Crippen LogP contribution in [0.5, 0.6) is 5.75 Å². The van der Waals surface area contributed by atoms with Crippen LogP contribution in [-0.2, 0) is 10.2 Å². The number of benzene rings is 1. The largest absolute Gasteiger partial charge is 0.497 e. The molecular formula is C18H22O3. The van der Waals surface area contributed by atoms with E-state index in [9.17, 15) is 9.90 Å². The van der Waals surface area contributed by atoms with Gasteiger partial charge in [-0.2, -0.15) is 0 Å². The van der Waals surface area contributed by atoms with E-state index in [2.05, 4.69) is 12.1 Å². The van der Waals surface area contributed by atoms with Gasteiger partial charge < -0.3 is 9.84 Å². The lowest BCUT2D eigenvalue weighted by Gasteiger charge is -2.60. The highest BCUT2D eigenvalue weighted by Crippen LogP contribution is 2.65. The molecule has 21 heavy (non-hydrogen) atoms. The Labute approximate surface area is 125 Å². The highest BCUT2D eigenvalue weighted by molar-refractivity contribution is 5.76. The Hall–Kier alpha value is -1.51. The molecule has 0 aliphatic heterocycles. The SMILES string of the molecule is COc1ccc(C23C[C@@H]4C[C@@H](CC(C(=O)O)(C4)C2)C3)cc1. The van der Waals surface area contributed by atoms with Crippen LogP contribution in [0.3, 0.4) is 0 Å². The average Bonchev–Trinajstić information content (AvgIpc) is 2.46. The predicted molar refractivity (Wildman–Crippen MR) is 79.4 cm³/mol. The number of rotatable bonds is 3. The van der Waals surface area contributed by atoms with E-state index in [0.29, 0.717) is 11.8 Å². The minimum atomic E-state index is -0.561. The maximum atomic E-state index is 11.9. The first-order chi connectivity index (χ1) is 10.1. The van der Waals surface area contributed by atoms with Crippen molar-refractivity contribution in [3.05, 3.63) is 29.8 Å². The van der Waals surface area contributed by atoms with Crippen molar-refractivity contribution in [2.24, 2.45) is 17.3 Å². The zero-order chi connectivity index (χ0) is 14.7. The van der Waals surface area contributed by atoms with Crippen molar-refractivity contribution in [3.8, 4) is 5.75 Å². The van der Waals surface area contributed by atoms with Gasteiger partial charge in [-0.1, -0.05) is 12.1 Å². The molecule has 4 aliphatic rings. The lowest BCUT2D eigenvalue weighted by molar-refractivity contribution is -0.167. The van der Waals surface area contributed by atoms with E-state index in [1.165, 1.54) is 24.8 Å². The maximum absolute atomic E-state index is 11.9. The van der Waals surface area contributed by atoms with Crippen LogP contribution < -0.4 is 4.74 Å². The summed E-state index contributed by atoms with van der Waals surface area (Å²) < 4.78 is 5.25. The fraction of sp³-hybridized carbons (Fsp3) is 0.611. The normalized spacial score (nSPS) is 40.2. The molecule has 0 aromatic heterocycles. The molecule has 4 atom stereocenters. The molecule has 4 aliphatic carbocycles. The highest BCUT2D eigenvalue weighted by Gasteiger charge is 2.61. The monoisotopic (exact) mass is 286 g/mol. The van der Waals surface area contributed by atoms with E-state index in [1.54, 1.807) is 7.11 Å². The van der Waals surface area contributed by atoms with E-state index >= 15 is 0 Å². The molecule has 112 valence electrons. The zero-order valence-corrected chi connectivity index (χ0v) is 12.5. The summed E-state index contributed by atoms with van der Waals surface area (Å²) in [5, 5.41) is 9.80. The first-order valence-electron chi connectivity index (χ1n) is 7.93. The van der Waals surface area contributed by atoms with E-state index in [-0.39, 0.29) is 5.41 Å². The van der Waals surface area contributed by atoms with Gasteiger partial charge in [-0.3, -0.25) is 4.79 Å². The average molecular weight is 286 g/mol. The van der Waals surface area contributed by atoms with Crippen LogP contribution >= 0.6 is 0 Å². The molecule has 1 N–H and O–H groups in total. The summed E-state index contributed by atoms with van der Waals surface area (Å²) in [5.41, 5.74) is 0.960. The van der Waals surface area contributed by atoms with E-state index in [0.717, 1.165) is 25.0 Å². The van der Waals surface area contributed by atoms with Crippen LogP contribution in [0.15, 0.2) is 24.3 Å². The van der Waals surface area contributed by atoms with Gasteiger partial charge >= 0.3 is 5.97 Å². The van der Waals surface area contributed by atoms with Crippen molar-refractivity contribution in [3.63, 3.8) is 0 Å². The van der Waals surface area contributed by atoms with E-state index in [1.807, 2.05) is 12.1 Å². The quantitative estimate of drug-likeness (QED) is 0.923. The Morgan fingerprint density at radius 3 is 2.29 bits per heavy atom. The van der Waals surface area contributed by atoms with Crippen LogP contribution in [0.4, 0.5) is 0 Å². The van der Waals surface area contributed by atoms with Gasteiger partial charge in [-0.15, -0.1) is 0 Å². The van der Waals surface area contributed by atoms with Gasteiger partial charge in [0.05, 0.1) is 12.5 Å². The highest BCUT2D eigenvalue weighted by atomic mass is 16.5. The molecule has 4 fully saturated rings. The van der Waals surface area contributed by atoms with Crippen LogP contribution in [0.2, 0.25) is 0 Å². The molecule has 0 radical (unpaired) electrons. The van der Waals surface area contributed by atoms with Crippen molar-refractivity contribution in [1.29, 1.82) is 0 Å². The summed E-state index contributed by atoms with van der Waals surface area (Å²) in [4.78, 5) is 11.9. The molecular weight excluding hydrogens is 264 g/mol. The molecule has 5 rings (SSSR count). The van der Waals surface area contributed by atoms with Crippen molar-refractivity contribution >= 4 is 5.97 Å². The van der Waals surface area contributed by atoms with Gasteiger partial charge in [0.15, 0.2) is 0 Å². The van der Waals surface area contributed by atoms with Gasteiger partial charge in [0.25, 0.3) is 0 Å². The predicted octanol–water partition coefficient (Wildman–Crippen LogP) is 3.62. The molecule has 0 saturated heterocycles. The molecule has 1 aromatic rings. The summed E-state index contributed by atoms with van der Waals surface area (Å²) in [7, 11) is 1.68. The summed E-state index contributed by atoms with van der Waals surface area (Å²) in [6, 6.07) is 8.34. The van der Waals surface area contributed by atoms with Gasteiger partial charge in [0.1, 0.15) is 5.75 Å². The molecule has 0 spiro atoms. The van der Waals surface area contributed by atoms with Crippen molar-refractivity contribution in [2.45, 2.75) is 43.9 Å². The standard InChI is InChI=1S/C18H22O3/c1-21-15-4-2-14(3-5-15)17-7-12-6-13(8-17)10-18(9-12,11-17)16(19)20/h2-5,12-13H,6-11H2,1H3,(H,19,20)/t12-,13+,17?,18?. The summed E-state index contributed by atoms with van der Waals surface area (Å²) in [6.07, 6.45) is 6.21. The summed E-state index contributed by atoms with van der Waals surface area (Å²) >= 11 is 0. The second-order valence-electron chi connectivity index (χ2n) is 7.56.